The third-order valence-corrected chi connectivity index (χ3v) is 3.53. The van der Waals surface area contributed by atoms with Crippen molar-refractivity contribution in [2.24, 2.45) is 5.73 Å². The standard InChI is InChI=1S/C18H22FNO/c1-2-11-21-18-6-4-3-5-15(18)12-16(13-20)14-7-9-17(19)10-8-14/h3-10,16H,2,11-13,20H2,1H3. The number of nitrogens with two attached hydrogens (primary N) is 1. The van der Waals surface area contributed by atoms with Gasteiger partial charge < -0.3 is 10.5 Å². The summed E-state index contributed by atoms with van der Waals surface area (Å²) in [5, 5.41) is 0. The topological polar surface area (TPSA) is 35.2 Å². The fraction of sp³-hybridized carbons (Fsp3) is 0.333. The van der Waals surface area contributed by atoms with E-state index in [1.807, 2.05) is 30.3 Å². The maximum absolute atomic E-state index is 13.0. The highest BCUT2D eigenvalue weighted by Gasteiger charge is 2.13. The summed E-state index contributed by atoms with van der Waals surface area (Å²) in [6, 6.07) is 14.6. The minimum absolute atomic E-state index is 0.164. The Balaban J connectivity index is 2.16. The van der Waals surface area contributed by atoms with Gasteiger partial charge >= 0.3 is 0 Å². The average Bonchev–Trinajstić information content (AvgIpc) is 2.52. The lowest BCUT2D eigenvalue weighted by molar-refractivity contribution is 0.313. The second kappa shape index (κ2) is 7.79. The molecule has 1 atom stereocenters. The van der Waals surface area contributed by atoms with E-state index in [9.17, 15) is 4.39 Å². The van der Waals surface area contributed by atoms with E-state index in [2.05, 4.69) is 13.0 Å². The number of hydrogen-bond donors (Lipinski definition) is 1. The molecule has 2 aromatic carbocycles. The number of benzene rings is 2. The number of rotatable bonds is 7. The van der Waals surface area contributed by atoms with Gasteiger partial charge in [0.05, 0.1) is 6.61 Å². The molecule has 0 aliphatic heterocycles. The molecule has 0 aromatic heterocycles. The SMILES string of the molecule is CCCOc1ccccc1CC(CN)c1ccc(F)cc1. The van der Waals surface area contributed by atoms with Crippen molar-refractivity contribution in [2.45, 2.75) is 25.7 Å². The fourth-order valence-corrected chi connectivity index (χ4v) is 2.36. The largest absolute Gasteiger partial charge is 0.493 e. The first-order valence-electron chi connectivity index (χ1n) is 7.40. The van der Waals surface area contributed by atoms with Crippen LogP contribution in [0.1, 0.15) is 30.4 Å². The summed E-state index contributed by atoms with van der Waals surface area (Å²) < 4.78 is 18.8. The zero-order valence-corrected chi connectivity index (χ0v) is 12.4. The molecular formula is C18H22FNO. The van der Waals surface area contributed by atoms with Gasteiger partial charge in [0.25, 0.3) is 0 Å². The molecular weight excluding hydrogens is 265 g/mol. The summed E-state index contributed by atoms with van der Waals surface area (Å²) in [5.41, 5.74) is 8.11. The Labute approximate surface area is 125 Å². The highest BCUT2D eigenvalue weighted by atomic mass is 19.1. The first-order chi connectivity index (χ1) is 10.2. The van der Waals surface area contributed by atoms with Gasteiger partial charge in [-0.25, -0.2) is 4.39 Å². The molecule has 112 valence electrons. The number of ether oxygens (including phenoxy) is 1. The van der Waals surface area contributed by atoms with Crippen LogP contribution in [0.5, 0.6) is 5.75 Å². The molecule has 0 saturated carbocycles. The second-order valence-electron chi connectivity index (χ2n) is 5.14. The predicted octanol–water partition coefficient (Wildman–Crippen LogP) is 3.90. The molecule has 2 nitrogen and oxygen atoms in total. The molecule has 0 amide bonds. The maximum atomic E-state index is 13.0. The van der Waals surface area contributed by atoms with Crippen molar-refractivity contribution in [3.05, 3.63) is 65.5 Å². The van der Waals surface area contributed by atoms with Crippen molar-refractivity contribution >= 4 is 0 Å². The lowest BCUT2D eigenvalue weighted by Gasteiger charge is -2.18. The van der Waals surface area contributed by atoms with Crippen LogP contribution in [0.15, 0.2) is 48.5 Å². The average molecular weight is 287 g/mol. The number of para-hydroxylation sites is 1. The van der Waals surface area contributed by atoms with Gasteiger partial charge in [0, 0.05) is 5.92 Å². The van der Waals surface area contributed by atoms with Gasteiger partial charge in [-0.2, -0.15) is 0 Å². The van der Waals surface area contributed by atoms with Crippen molar-refractivity contribution in [3.8, 4) is 5.75 Å². The van der Waals surface area contributed by atoms with Crippen molar-refractivity contribution in [3.63, 3.8) is 0 Å². The predicted molar refractivity (Wildman–Crippen MR) is 84.1 cm³/mol. The smallest absolute Gasteiger partial charge is 0.123 e. The molecule has 1 unspecified atom stereocenters. The van der Waals surface area contributed by atoms with Crippen molar-refractivity contribution in [1.29, 1.82) is 0 Å². The molecule has 0 radical (unpaired) electrons. The third-order valence-electron chi connectivity index (χ3n) is 3.53. The van der Waals surface area contributed by atoms with E-state index >= 15 is 0 Å². The normalized spacial score (nSPS) is 12.1. The first-order valence-corrected chi connectivity index (χ1v) is 7.40. The van der Waals surface area contributed by atoms with E-state index in [0.717, 1.165) is 29.7 Å². The van der Waals surface area contributed by atoms with E-state index in [0.29, 0.717) is 13.2 Å². The molecule has 2 rings (SSSR count). The molecule has 3 heteroatoms. The van der Waals surface area contributed by atoms with Crippen molar-refractivity contribution in [1.82, 2.24) is 0 Å². The molecule has 0 heterocycles. The first kappa shape index (κ1) is 15.5. The molecule has 0 bridgehead atoms. The van der Waals surface area contributed by atoms with Gasteiger partial charge in [0.1, 0.15) is 11.6 Å². The van der Waals surface area contributed by atoms with Gasteiger partial charge in [-0.1, -0.05) is 37.3 Å². The zero-order chi connectivity index (χ0) is 15.1. The second-order valence-corrected chi connectivity index (χ2v) is 5.14. The Bertz CT molecular complexity index is 553. The molecule has 0 saturated heterocycles. The fourth-order valence-electron chi connectivity index (χ4n) is 2.36. The minimum atomic E-state index is -0.221. The Morgan fingerprint density at radius 3 is 2.48 bits per heavy atom. The summed E-state index contributed by atoms with van der Waals surface area (Å²) in [5.74, 6) is 0.859. The zero-order valence-electron chi connectivity index (χ0n) is 12.4. The maximum Gasteiger partial charge on any atom is 0.123 e. The van der Waals surface area contributed by atoms with Crippen LogP contribution in [0.2, 0.25) is 0 Å². The summed E-state index contributed by atoms with van der Waals surface area (Å²) >= 11 is 0. The summed E-state index contributed by atoms with van der Waals surface area (Å²) in [7, 11) is 0. The summed E-state index contributed by atoms with van der Waals surface area (Å²) in [6.07, 6.45) is 1.77. The van der Waals surface area contributed by atoms with Gasteiger partial charge in [-0.15, -0.1) is 0 Å². The lowest BCUT2D eigenvalue weighted by atomic mass is 9.91. The Hall–Kier alpha value is -1.87. The molecule has 0 fully saturated rings. The van der Waals surface area contributed by atoms with E-state index in [1.165, 1.54) is 12.1 Å². The Kier molecular flexibility index (Phi) is 5.76. The lowest BCUT2D eigenvalue weighted by Crippen LogP contribution is -2.15. The van der Waals surface area contributed by atoms with Gasteiger partial charge in [-0.3, -0.25) is 0 Å². The molecule has 21 heavy (non-hydrogen) atoms. The highest BCUT2D eigenvalue weighted by molar-refractivity contribution is 5.35. The molecule has 0 aliphatic rings. The molecule has 2 aromatic rings. The van der Waals surface area contributed by atoms with Crippen LogP contribution >= 0.6 is 0 Å². The van der Waals surface area contributed by atoms with E-state index in [4.69, 9.17) is 10.5 Å². The highest BCUT2D eigenvalue weighted by Crippen LogP contribution is 2.26. The number of halogens is 1. The monoisotopic (exact) mass is 287 g/mol. The Morgan fingerprint density at radius 2 is 1.81 bits per heavy atom. The van der Waals surface area contributed by atoms with Crippen LogP contribution in [0.3, 0.4) is 0 Å². The van der Waals surface area contributed by atoms with E-state index in [-0.39, 0.29) is 11.7 Å². The summed E-state index contributed by atoms with van der Waals surface area (Å²) in [6.45, 7) is 3.32. The van der Waals surface area contributed by atoms with E-state index < -0.39 is 0 Å². The molecule has 0 spiro atoms. The summed E-state index contributed by atoms with van der Waals surface area (Å²) in [4.78, 5) is 0. The van der Waals surface area contributed by atoms with Gasteiger partial charge in [0.2, 0.25) is 0 Å². The van der Waals surface area contributed by atoms with Gasteiger partial charge in [-0.05, 0) is 48.7 Å². The van der Waals surface area contributed by atoms with Crippen LogP contribution in [-0.4, -0.2) is 13.2 Å². The molecule has 2 N–H and O–H groups in total. The van der Waals surface area contributed by atoms with Crippen molar-refractivity contribution in [2.75, 3.05) is 13.2 Å². The molecule has 0 aliphatic carbocycles. The van der Waals surface area contributed by atoms with Crippen LogP contribution in [0, 0.1) is 5.82 Å². The van der Waals surface area contributed by atoms with Crippen molar-refractivity contribution < 1.29 is 9.13 Å². The van der Waals surface area contributed by atoms with Crippen LogP contribution in [-0.2, 0) is 6.42 Å². The minimum Gasteiger partial charge on any atom is -0.493 e. The van der Waals surface area contributed by atoms with Crippen LogP contribution < -0.4 is 10.5 Å². The van der Waals surface area contributed by atoms with Crippen LogP contribution in [0.4, 0.5) is 4.39 Å². The van der Waals surface area contributed by atoms with Gasteiger partial charge in [0.15, 0.2) is 0 Å². The number of hydrogen-bond acceptors (Lipinski definition) is 2. The van der Waals surface area contributed by atoms with E-state index in [1.54, 1.807) is 0 Å². The third kappa shape index (κ3) is 4.30. The van der Waals surface area contributed by atoms with Crippen LogP contribution in [0.25, 0.3) is 0 Å². The Morgan fingerprint density at radius 1 is 1.10 bits per heavy atom. The quantitative estimate of drug-likeness (QED) is 0.838.